The van der Waals surface area contributed by atoms with Gasteiger partial charge in [-0.25, -0.2) is 9.97 Å². The van der Waals surface area contributed by atoms with E-state index in [0.29, 0.717) is 29.4 Å². The summed E-state index contributed by atoms with van der Waals surface area (Å²) in [6.45, 7) is 3.89. The summed E-state index contributed by atoms with van der Waals surface area (Å²) in [5, 5.41) is 9.57. The standard InChI is InChI=1S/C25H25N3O3/c1-16(9-10-17(2)29)20-6-5-15-26-25(20)31-19-13-11-18(12-14-19)23(30)24-27-21-7-3-4-8-22(21)28-24/h3-8,11-17,29H,9-10H2,1-2H3,(H,27,28). The molecule has 0 amide bonds. The zero-order valence-corrected chi connectivity index (χ0v) is 17.6. The van der Waals surface area contributed by atoms with Gasteiger partial charge < -0.3 is 14.8 Å². The summed E-state index contributed by atoms with van der Waals surface area (Å²) < 4.78 is 6.02. The van der Waals surface area contributed by atoms with E-state index in [1.165, 1.54) is 0 Å². The van der Waals surface area contributed by atoms with E-state index >= 15 is 0 Å². The van der Waals surface area contributed by atoms with Gasteiger partial charge in [0.2, 0.25) is 11.7 Å². The normalized spacial score (nSPS) is 13.1. The van der Waals surface area contributed by atoms with Crippen LogP contribution in [0, 0.1) is 0 Å². The first kappa shape index (κ1) is 20.8. The zero-order chi connectivity index (χ0) is 21.8. The quantitative estimate of drug-likeness (QED) is 0.384. The number of aromatic amines is 1. The van der Waals surface area contributed by atoms with Gasteiger partial charge in [0.1, 0.15) is 5.75 Å². The van der Waals surface area contributed by atoms with Crippen molar-refractivity contribution in [2.24, 2.45) is 0 Å². The minimum atomic E-state index is -0.333. The molecule has 0 saturated carbocycles. The fraction of sp³-hybridized carbons (Fsp3) is 0.240. The second kappa shape index (κ2) is 9.10. The molecule has 2 atom stereocenters. The van der Waals surface area contributed by atoms with Crippen LogP contribution in [0.3, 0.4) is 0 Å². The summed E-state index contributed by atoms with van der Waals surface area (Å²) in [4.78, 5) is 24.6. The number of nitrogens with one attached hydrogen (secondary N) is 1. The van der Waals surface area contributed by atoms with Crippen LogP contribution in [-0.2, 0) is 0 Å². The van der Waals surface area contributed by atoms with E-state index in [2.05, 4.69) is 21.9 Å². The van der Waals surface area contributed by atoms with Crippen molar-refractivity contribution in [3.63, 3.8) is 0 Å². The Morgan fingerprint density at radius 3 is 2.55 bits per heavy atom. The molecule has 158 valence electrons. The van der Waals surface area contributed by atoms with Gasteiger partial charge in [-0.15, -0.1) is 0 Å². The molecule has 2 heterocycles. The van der Waals surface area contributed by atoms with Crippen LogP contribution in [0.2, 0.25) is 0 Å². The number of aliphatic hydroxyl groups excluding tert-OH is 1. The molecule has 4 aromatic rings. The SMILES string of the molecule is CC(O)CCC(C)c1cccnc1Oc1ccc(C(=O)c2nc3ccccc3[nH]2)cc1. The highest BCUT2D eigenvalue weighted by Crippen LogP contribution is 2.31. The van der Waals surface area contributed by atoms with E-state index < -0.39 is 0 Å². The second-order valence-electron chi connectivity index (χ2n) is 7.78. The number of rotatable bonds is 8. The van der Waals surface area contributed by atoms with Crippen molar-refractivity contribution in [1.82, 2.24) is 15.0 Å². The molecule has 0 fully saturated rings. The molecule has 2 aromatic carbocycles. The van der Waals surface area contributed by atoms with Gasteiger partial charge in [-0.05, 0) is 68.1 Å². The number of pyridine rings is 1. The second-order valence-corrected chi connectivity index (χ2v) is 7.78. The predicted molar refractivity (Wildman–Crippen MR) is 120 cm³/mol. The summed E-state index contributed by atoms with van der Waals surface area (Å²) in [6.07, 6.45) is 2.92. The number of fused-ring (bicyclic) bond motifs is 1. The van der Waals surface area contributed by atoms with Gasteiger partial charge in [0.15, 0.2) is 5.82 Å². The average molecular weight is 415 g/mol. The van der Waals surface area contributed by atoms with Crippen molar-refractivity contribution in [2.75, 3.05) is 0 Å². The maximum absolute atomic E-state index is 12.8. The van der Waals surface area contributed by atoms with Crippen LogP contribution in [0.1, 0.15) is 54.4 Å². The molecule has 6 nitrogen and oxygen atoms in total. The van der Waals surface area contributed by atoms with Crippen LogP contribution in [-0.4, -0.2) is 31.9 Å². The van der Waals surface area contributed by atoms with Gasteiger partial charge in [-0.2, -0.15) is 0 Å². The molecule has 2 unspecified atom stereocenters. The Labute approximate surface area is 180 Å². The van der Waals surface area contributed by atoms with Crippen LogP contribution in [0.5, 0.6) is 11.6 Å². The highest BCUT2D eigenvalue weighted by atomic mass is 16.5. The fourth-order valence-electron chi connectivity index (χ4n) is 3.49. The maximum atomic E-state index is 12.8. The first-order valence-corrected chi connectivity index (χ1v) is 10.4. The fourth-order valence-corrected chi connectivity index (χ4v) is 3.49. The number of ether oxygens (including phenoxy) is 1. The van der Waals surface area contributed by atoms with Crippen molar-refractivity contribution in [3.05, 3.63) is 83.8 Å². The number of carbonyl (C=O) groups excluding carboxylic acids is 1. The molecule has 0 bridgehead atoms. The third-order valence-electron chi connectivity index (χ3n) is 5.28. The third kappa shape index (κ3) is 4.81. The lowest BCUT2D eigenvalue weighted by Gasteiger charge is -2.16. The van der Waals surface area contributed by atoms with Crippen LogP contribution in [0.15, 0.2) is 66.9 Å². The van der Waals surface area contributed by atoms with E-state index in [0.717, 1.165) is 23.0 Å². The predicted octanol–water partition coefficient (Wildman–Crippen LogP) is 5.25. The number of para-hydroxylation sites is 2. The van der Waals surface area contributed by atoms with Crippen molar-refractivity contribution < 1.29 is 14.6 Å². The Bertz CT molecular complexity index is 1150. The molecule has 31 heavy (non-hydrogen) atoms. The molecule has 0 aliphatic rings. The molecule has 0 aliphatic carbocycles. The number of H-pyrrole nitrogens is 1. The molecular weight excluding hydrogens is 390 g/mol. The molecule has 0 spiro atoms. The summed E-state index contributed by atoms with van der Waals surface area (Å²) >= 11 is 0. The molecule has 0 aliphatic heterocycles. The number of hydrogen-bond acceptors (Lipinski definition) is 5. The monoisotopic (exact) mass is 415 g/mol. The number of nitrogens with zero attached hydrogens (tertiary/aromatic N) is 2. The molecule has 0 radical (unpaired) electrons. The minimum Gasteiger partial charge on any atom is -0.439 e. The largest absolute Gasteiger partial charge is 0.439 e. The maximum Gasteiger partial charge on any atom is 0.228 e. The van der Waals surface area contributed by atoms with Gasteiger partial charge in [-0.3, -0.25) is 4.79 Å². The topological polar surface area (TPSA) is 88.1 Å². The molecule has 4 rings (SSSR count). The first-order valence-electron chi connectivity index (χ1n) is 10.4. The molecular formula is C25H25N3O3. The van der Waals surface area contributed by atoms with Gasteiger partial charge in [0, 0.05) is 17.3 Å². The number of carbonyl (C=O) groups is 1. The average Bonchev–Trinajstić information content (AvgIpc) is 3.22. The van der Waals surface area contributed by atoms with E-state index in [1.807, 2.05) is 36.4 Å². The molecule has 2 N–H and O–H groups in total. The van der Waals surface area contributed by atoms with Crippen molar-refractivity contribution in [1.29, 1.82) is 0 Å². The van der Waals surface area contributed by atoms with Crippen molar-refractivity contribution in [2.45, 2.75) is 38.7 Å². The van der Waals surface area contributed by atoms with Crippen LogP contribution < -0.4 is 4.74 Å². The van der Waals surface area contributed by atoms with Crippen molar-refractivity contribution in [3.8, 4) is 11.6 Å². The Morgan fingerprint density at radius 1 is 1.03 bits per heavy atom. The summed E-state index contributed by atoms with van der Waals surface area (Å²) in [7, 11) is 0. The number of aromatic nitrogens is 3. The summed E-state index contributed by atoms with van der Waals surface area (Å²) in [5.41, 5.74) is 3.11. The van der Waals surface area contributed by atoms with Gasteiger partial charge >= 0.3 is 0 Å². The van der Waals surface area contributed by atoms with Crippen LogP contribution in [0.25, 0.3) is 11.0 Å². The number of benzene rings is 2. The Morgan fingerprint density at radius 2 is 1.81 bits per heavy atom. The molecule has 6 heteroatoms. The number of ketones is 1. The number of imidazole rings is 1. The number of hydrogen-bond donors (Lipinski definition) is 2. The van der Waals surface area contributed by atoms with Crippen LogP contribution >= 0.6 is 0 Å². The smallest absolute Gasteiger partial charge is 0.228 e. The Kier molecular flexibility index (Phi) is 6.09. The highest BCUT2D eigenvalue weighted by Gasteiger charge is 2.16. The highest BCUT2D eigenvalue weighted by molar-refractivity contribution is 6.08. The lowest BCUT2D eigenvalue weighted by Crippen LogP contribution is -2.05. The third-order valence-corrected chi connectivity index (χ3v) is 5.28. The van der Waals surface area contributed by atoms with E-state index in [-0.39, 0.29) is 17.8 Å². The van der Waals surface area contributed by atoms with E-state index in [4.69, 9.17) is 4.74 Å². The van der Waals surface area contributed by atoms with Crippen molar-refractivity contribution >= 4 is 16.8 Å². The van der Waals surface area contributed by atoms with Gasteiger partial charge in [0.05, 0.1) is 17.1 Å². The summed E-state index contributed by atoms with van der Waals surface area (Å²) in [6, 6.07) is 18.4. The summed E-state index contributed by atoms with van der Waals surface area (Å²) in [5.74, 6) is 1.48. The van der Waals surface area contributed by atoms with Gasteiger partial charge in [0.25, 0.3) is 0 Å². The Hall–Kier alpha value is -3.51. The lowest BCUT2D eigenvalue weighted by atomic mass is 9.96. The molecule has 0 saturated heterocycles. The van der Waals surface area contributed by atoms with E-state index in [1.54, 1.807) is 37.4 Å². The van der Waals surface area contributed by atoms with Crippen LogP contribution in [0.4, 0.5) is 0 Å². The Balaban J connectivity index is 1.49. The minimum absolute atomic E-state index is 0.173. The lowest BCUT2D eigenvalue weighted by molar-refractivity contribution is 0.103. The van der Waals surface area contributed by atoms with Gasteiger partial charge in [-0.1, -0.05) is 25.1 Å². The zero-order valence-electron chi connectivity index (χ0n) is 17.6. The molecule has 2 aromatic heterocycles. The van der Waals surface area contributed by atoms with E-state index in [9.17, 15) is 9.90 Å². The first-order chi connectivity index (χ1) is 15.0. The number of aliphatic hydroxyl groups is 1.